The summed E-state index contributed by atoms with van der Waals surface area (Å²) in [7, 11) is -4.09. The van der Waals surface area contributed by atoms with Gasteiger partial charge in [0.2, 0.25) is 10.0 Å². The van der Waals surface area contributed by atoms with E-state index in [9.17, 15) is 35.5 Å². The Balaban J connectivity index is 0.00000316. The Kier molecular flexibility index (Phi) is 11.0. The Bertz CT molecular complexity index is 1030. The van der Waals surface area contributed by atoms with Crippen LogP contribution in [-0.4, -0.2) is 67.0 Å². The maximum atomic E-state index is 14.7. The number of nitrogens with zero attached hydrogens (tertiary/aromatic N) is 2. The van der Waals surface area contributed by atoms with Crippen molar-refractivity contribution in [1.82, 2.24) is 9.21 Å². The fourth-order valence-corrected chi connectivity index (χ4v) is 5.36. The van der Waals surface area contributed by atoms with E-state index in [-0.39, 0.29) is 30.1 Å². The van der Waals surface area contributed by atoms with E-state index in [0.29, 0.717) is 6.92 Å². The second kappa shape index (κ2) is 12.4. The number of sulfonamides is 1. The molecule has 11 heteroatoms. The maximum Gasteiger partial charge on any atom is 0.421 e. The van der Waals surface area contributed by atoms with E-state index in [0.717, 1.165) is 28.6 Å². The molecule has 1 aliphatic rings. The molecule has 0 bridgehead atoms. The van der Waals surface area contributed by atoms with Gasteiger partial charge in [-0.1, -0.05) is 56.9 Å². The fraction of sp³-hybridized carbons (Fsp3) is 0.520. The van der Waals surface area contributed by atoms with Crippen molar-refractivity contribution < 1.29 is 35.5 Å². The minimum absolute atomic E-state index is 0.0485. The van der Waals surface area contributed by atoms with Gasteiger partial charge >= 0.3 is 6.18 Å². The predicted molar refractivity (Wildman–Crippen MR) is 131 cm³/mol. The zero-order valence-electron chi connectivity index (χ0n) is 21.2. The lowest BCUT2D eigenvalue weighted by molar-refractivity contribution is -0.258. The number of rotatable bonds is 8. The second-order valence-corrected chi connectivity index (χ2v) is 10.2. The zero-order valence-corrected chi connectivity index (χ0v) is 22.0. The summed E-state index contributed by atoms with van der Waals surface area (Å²) in [5.74, 6) is -3.17. The number of aliphatic hydroxyl groups is 1. The molecule has 1 aliphatic heterocycles. The van der Waals surface area contributed by atoms with Crippen molar-refractivity contribution in [2.24, 2.45) is 0 Å². The Morgan fingerprint density at radius 1 is 1.14 bits per heavy atom. The van der Waals surface area contributed by atoms with E-state index in [1.54, 1.807) is 13.8 Å². The molecule has 5 nitrogen and oxygen atoms in total. The number of allylic oxidation sites excluding steroid dienone is 4. The van der Waals surface area contributed by atoms with Crippen molar-refractivity contribution in [1.29, 1.82) is 0 Å². The summed E-state index contributed by atoms with van der Waals surface area (Å²) in [6, 6.07) is 3.18. The third-order valence-electron chi connectivity index (χ3n) is 5.71. The van der Waals surface area contributed by atoms with Crippen LogP contribution in [0.4, 0.5) is 22.0 Å². The van der Waals surface area contributed by atoms with Gasteiger partial charge in [0.1, 0.15) is 0 Å². The maximum absolute atomic E-state index is 14.7. The Morgan fingerprint density at radius 2 is 1.69 bits per heavy atom. The van der Waals surface area contributed by atoms with E-state index >= 15 is 0 Å². The smallest absolute Gasteiger partial charge is 0.376 e. The zero-order chi connectivity index (χ0) is 27.9. The van der Waals surface area contributed by atoms with Gasteiger partial charge in [-0.15, -0.1) is 0 Å². The van der Waals surface area contributed by atoms with Crippen LogP contribution in [0.5, 0.6) is 0 Å². The first kappa shape index (κ1) is 31.9. The van der Waals surface area contributed by atoms with Gasteiger partial charge in [-0.05, 0) is 38.5 Å². The molecule has 0 amide bonds. The molecular formula is C25H35F5N2O3S. The van der Waals surface area contributed by atoms with Gasteiger partial charge in [-0.25, -0.2) is 8.42 Å². The van der Waals surface area contributed by atoms with Crippen LogP contribution in [-0.2, 0) is 15.6 Å². The number of alkyl halides is 5. The van der Waals surface area contributed by atoms with Crippen molar-refractivity contribution in [3.63, 3.8) is 0 Å². The highest BCUT2D eigenvalue weighted by molar-refractivity contribution is 7.89. The molecule has 2 rings (SSSR count). The van der Waals surface area contributed by atoms with Crippen LogP contribution in [0.2, 0.25) is 0 Å². The quantitative estimate of drug-likeness (QED) is 0.351. The Morgan fingerprint density at radius 3 is 2.14 bits per heavy atom. The lowest BCUT2D eigenvalue weighted by Gasteiger charge is -2.40. The second-order valence-electron chi connectivity index (χ2n) is 8.36. The number of halogens is 5. The first-order valence-corrected chi connectivity index (χ1v) is 13.0. The van der Waals surface area contributed by atoms with Gasteiger partial charge in [0.05, 0.1) is 11.4 Å². The van der Waals surface area contributed by atoms with Crippen molar-refractivity contribution in [2.45, 2.75) is 63.3 Å². The van der Waals surface area contributed by atoms with Crippen molar-refractivity contribution in [3.05, 3.63) is 66.3 Å². The third kappa shape index (κ3) is 7.24. The fourth-order valence-electron chi connectivity index (χ4n) is 3.75. The van der Waals surface area contributed by atoms with E-state index in [4.69, 9.17) is 0 Å². The number of hydrogen-bond donors (Lipinski definition) is 1. The monoisotopic (exact) mass is 538 g/mol. The molecule has 1 aromatic carbocycles. The predicted octanol–water partition coefficient (Wildman–Crippen LogP) is 5.50. The molecule has 1 fully saturated rings. The molecule has 0 aliphatic carbocycles. The molecule has 0 spiro atoms. The number of hydrogen-bond acceptors (Lipinski definition) is 4. The summed E-state index contributed by atoms with van der Waals surface area (Å²) in [4.78, 5) is 1.23. The lowest BCUT2D eigenvalue weighted by Crippen LogP contribution is -2.55. The summed E-state index contributed by atoms with van der Waals surface area (Å²) in [5, 5.41) is 9.77. The minimum Gasteiger partial charge on any atom is -0.376 e. The normalized spacial score (nSPS) is 20.5. The molecule has 1 N–H and O–H groups in total. The summed E-state index contributed by atoms with van der Waals surface area (Å²) >= 11 is 0. The average molecular weight is 539 g/mol. The minimum atomic E-state index is -4.94. The molecule has 204 valence electrons. The topological polar surface area (TPSA) is 60.9 Å². The van der Waals surface area contributed by atoms with Gasteiger partial charge in [0.25, 0.3) is 5.92 Å². The molecule has 2 unspecified atom stereocenters. The largest absolute Gasteiger partial charge is 0.421 e. The summed E-state index contributed by atoms with van der Waals surface area (Å²) < 4.78 is 95.9. The first-order valence-electron chi connectivity index (χ1n) is 11.6. The summed E-state index contributed by atoms with van der Waals surface area (Å²) in [6.45, 7) is 10.7. The van der Waals surface area contributed by atoms with E-state index < -0.39 is 45.9 Å². The van der Waals surface area contributed by atoms with Gasteiger partial charge in [-0.3, -0.25) is 4.90 Å². The van der Waals surface area contributed by atoms with Crippen LogP contribution in [0.25, 0.3) is 0 Å². The van der Waals surface area contributed by atoms with Crippen LogP contribution >= 0.6 is 0 Å². The molecule has 0 aromatic heterocycles. The standard InChI is InChI=1S/C23H29F5N2O3S.C2H6/c1-5-7-19(8-6-2)22(24,25)16-29-13-14-30(17(3)15-29)34(32,33)20-11-9-18(10-12-20)21(4,31)23(26,27)28;1-2/h5-12,17,31H,1,13-16H2,2-4H3;1-2H3/b8-6-,19-7+;. The van der Waals surface area contributed by atoms with Gasteiger partial charge < -0.3 is 5.11 Å². The van der Waals surface area contributed by atoms with Crippen molar-refractivity contribution in [3.8, 4) is 0 Å². The SMILES string of the molecule is C=C/C=C(\C=C/C)C(F)(F)CN1CCN(S(=O)(=O)c2ccc(C(C)(O)C(F)(F)F)cc2)C(C)C1.CC. The van der Waals surface area contributed by atoms with Gasteiger partial charge in [0, 0.05) is 31.2 Å². The third-order valence-corrected chi connectivity index (χ3v) is 7.74. The highest BCUT2D eigenvalue weighted by atomic mass is 32.2. The first-order chi connectivity index (χ1) is 16.6. The molecule has 1 heterocycles. The van der Waals surface area contributed by atoms with Crippen LogP contribution in [0.1, 0.15) is 40.2 Å². The van der Waals surface area contributed by atoms with Crippen LogP contribution in [0, 0.1) is 0 Å². The molecule has 0 saturated carbocycles. The molecule has 0 radical (unpaired) electrons. The molecular weight excluding hydrogens is 503 g/mol. The molecule has 1 saturated heterocycles. The Hall–Kier alpha value is -2.08. The van der Waals surface area contributed by atoms with Crippen molar-refractivity contribution in [2.75, 3.05) is 26.2 Å². The van der Waals surface area contributed by atoms with Crippen LogP contribution in [0.3, 0.4) is 0 Å². The van der Waals surface area contributed by atoms with Crippen LogP contribution < -0.4 is 0 Å². The van der Waals surface area contributed by atoms with Crippen LogP contribution in [0.15, 0.2) is 65.6 Å². The molecule has 36 heavy (non-hydrogen) atoms. The lowest BCUT2D eigenvalue weighted by atomic mass is 9.96. The molecule has 1 aromatic rings. The average Bonchev–Trinajstić information content (AvgIpc) is 2.79. The highest BCUT2D eigenvalue weighted by Crippen LogP contribution is 2.39. The number of piperazine rings is 1. The van der Waals surface area contributed by atoms with Gasteiger partial charge in [0.15, 0.2) is 5.60 Å². The number of benzene rings is 1. The molecule has 2 atom stereocenters. The van der Waals surface area contributed by atoms with E-state index in [1.165, 1.54) is 29.2 Å². The summed E-state index contributed by atoms with van der Waals surface area (Å²) in [5.41, 5.74) is -3.84. The Labute approximate surface area is 210 Å². The van der Waals surface area contributed by atoms with Gasteiger partial charge in [-0.2, -0.15) is 26.3 Å². The summed E-state index contributed by atoms with van der Waals surface area (Å²) in [6.07, 6.45) is 0.356. The van der Waals surface area contributed by atoms with E-state index in [2.05, 4.69) is 6.58 Å². The van der Waals surface area contributed by atoms with E-state index in [1.807, 2.05) is 13.8 Å². The van der Waals surface area contributed by atoms with Crippen molar-refractivity contribution >= 4 is 10.0 Å². The highest BCUT2D eigenvalue weighted by Gasteiger charge is 2.51.